The number of benzene rings is 1. The first-order valence-electron chi connectivity index (χ1n) is 10.9. The van der Waals surface area contributed by atoms with Crippen LogP contribution in [0.2, 0.25) is 0 Å². The van der Waals surface area contributed by atoms with E-state index in [-0.39, 0.29) is 0 Å². The van der Waals surface area contributed by atoms with Crippen LogP contribution >= 0.6 is 0 Å². The van der Waals surface area contributed by atoms with Gasteiger partial charge in [0.05, 0.1) is 22.3 Å². The lowest BCUT2D eigenvalue weighted by Gasteiger charge is -2.19. The summed E-state index contributed by atoms with van der Waals surface area (Å²) < 4.78 is 1.82. The summed E-state index contributed by atoms with van der Waals surface area (Å²) in [5, 5.41) is 18.6. The summed E-state index contributed by atoms with van der Waals surface area (Å²) in [5.41, 5.74) is 4.23. The molecule has 1 aliphatic carbocycles. The van der Waals surface area contributed by atoms with Gasteiger partial charge in [-0.1, -0.05) is 12.1 Å². The maximum absolute atomic E-state index is 10.3. The van der Waals surface area contributed by atoms with Crippen LogP contribution in [0.15, 0.2) is 36.4 Å². The van der Waals surface area contributed by atoms with Crippen molar-refractivity contribution >= 4 is 28.3 Å². The molecular formula is C23H25N7O. The Morgan fingerprint density at radius 3 is 2.52 bits per heavy atom. The van der Waals surface area contributed by atoms with Gasteiger partial charge in [-0.2, -0.15) is 9.61 Å². The van der Waals surface area contributed by atoms with Gasteiger partial charge < -0.3 is 15.3 Å². The summed E-state index contributed by atoms with van der Waals surface area (Å²) in [6.45, 7) is 4.50. The Hall–Kier alpha value is -3.26. The Balaban J connectivity index is 1.46. The van der Waals surface area contributed by atoms with Crippen molar-refractivity contribution in [1.29, 1.82) is 0 Å². The SMILES string of the molecule is Cc1nc2ccccc2nc1-c1cc2nc(N3CCCC3)cc(NCC3(O)CC3)n2n1. The molecule has 158 valence electrons. The third-order valence-electron chi connectivity index (χ3n) is 6.26. The molecule has 0 spiro atoms. The number of fused-ring (bicyclic) bond motifs is 2. The Kier molecular flexibility index (Phi) is 4.11. The average molecular weight is 416 g/mol. The van der Waals surface area contributed by atoms with E-state index in [4.69, 9.17) is 20.1 Å². The summed E-state index contributed by atoms with van der Waals surface area (Å²) in [7, 11) is 0. The summed E-state index contributed by atoms with van der Waals surface area (Å²) in [4.78, 5) is 16.7. The monoisotopic (exact) mass is 415 g/mol. The van der Waals surface area contributed by atoms with Crippen LogP contribution in [0.5, 0.6) is 0 Å². The number of rotatable bonds is 5. The zero-order valence-corrected chi connectivity index (χ0v) is 17.5. The summed E-state index contributed by atoms with van der Waals surface area (Å²) in [5.74, 6) is 1.79. The Labute approximate surface area is 180 Å². The Bertz CT molecular complexity index is 1290. The van der Waals surface area contributed by atoms with Crippen molar-refractivity contribution in [3.8, 4) is 11.4 Å². The van der Waals surface area contributed by atoms with Crippen LogP contribution in [0.1, 0.15) is 31.4 Å². The molecule has 2 N–H and O–H groups in total. The van der Waals surface area contributed by atoms with Gasteiger partial charge in [-0.15, -0.1) is 0 Å². The second-order valence-electron chi connectivity index (χ2n) is 8.72. The van der Waals surface area contributed by atoms with Gasteiger partial charge in [-0.25, -0.2) is 15.0 Å². The van der Waals surface area contributed by atoms with E-state index in [0.717, 1.165) is 71.3 Å². The first-order valence-corrected chi connectivity index (χ1v) is 10.9. The third kappa shape index (κ3) is 3.37. The largest absolute Gasteiger partial charge is 0.388 e. The standard InChI is InChI=1S/C23H25N7O/c1-15-22(26-17-7-3-2-6-16(17)25-15)18-12-21-27-20(29-10-4-5-11-29)13-19(30(21)28-18)24-14-23(31)8-9-23/h2-3,6-7,12-13,24,31H,4-5,8-11,14H2,1H3. The molecule has 31 heavy (non-hydrogen) atoms. The highest BCUT2D eigenvalue weighted by molar-refractivity contribution is 5.78. The molecule has 3 aromatic heterocycles. The van der Waals surface area contributed by atoms with Gasteiger partial charge in [-0.3, -0.25) is 0 Å². The van der Waals surface area contributed by atoms with E-state index < -0.39 is 5.60 Å². The third-order valence-corrected chi connectivity index (χ3v) is 6.26. The second-order valence-corrected chi connectivity index (χ2v) is 8.72. The van der Waals surface area contributed by atoms with Gasteiger partial charge in [0, 0.05) is 31.8 Å². The van der Waals surface area contributed by atoms with Crippen molar-refractivity contribution in [3.05, 3.63) is 42.1 Å². The minimum Gasteiger partial charge on any atom is -0.388 e. The number of para-hydroxylation sites is 2. The van der Waals surface area contributed by atoms with Gasteiger partial charge in [-0.05, 0) is 44.7 Å². The van der Waals surface area contributed by atoms with E-state index in [1.807, 2.05) is 47.8 Å². The fraction of sp³-hybridized carbons (Fsp3) is 0.391. The second kappa shape index (κ2) is 6.88. The van der Waals surface area contributed by atoms with Crippen LogP contribution in [0.25, 0.3) is 28.1 Å². The zero-order chi connectivity index (χ0) is 21.0. The van der Waals surface area contributed by atoms with Crippen LogP contribution in [-0.2, 0) is 0 Å². The highest BCUT2D eigenvalue weighted by atomic mass is 16.3. The molecule has 1 aromatic carbocycles. The van der Waals surface area contributed by atoms with Gasteiger partial charge in [0.2, 0.25) is 0 Å². The van der Waals surface area contributed by atoms with Crippen molar-refractivity contribution in [2.24, 2.45) is 0 Å². The van der Waals surface area contributed by atoms with Crippen LogP contribution in [-0.4, -0.2) is 54.9 Å². The Morgan fingerprint density at radius 1 is 1.03 bits per heavy atom. The molecule has 8 heteroatoms. The number of hydrogen-bond donors (Lipinski definition) is 2. The van der Waals surface area contributed by atoms with E-state index >= 15 is 0 Å². The normalized spacial score (nSPS) is 17.5. The fourth-order valence-electron chi connectivity index (χ4n) is 4.22. The first kappa shape index (κ1) is 18.5. The van der Waals surface area contributed by atoms with E-state index in [1.54, 1.807) is 0 Å². The van der Waals surface area contributed by atoms with E-state index in [9.17, 15) is 5.11 Å². The highest BCUT2D eigenvalue weighted by Gasteiger charge is 2.40. The molecule has 0 amide bonds. The predicted molar refractivity (Wildman–Crippen MR) is 120 cm³/mol. The number of aromatic nitrogens is 5. The minimum atomic E-state index is -0.597. The molecule has 0 unspecified atom stereocenters. The van der Waals surface area contributed by atoms with Gasteiger partial charge >= 0.3 is 0 Å². The van der Waals surface area contributed by atoms with E-state index in [1.165, 1.54) is 12.8 Å². The molecule has 0 radical (unpaired) electrons. The van der Waals surface area contributed by atoms with Crippen molar-refractivity contribution < 1.29 is 5.11 Å². The van der Waals surface area contributed by atoms with Crippen molar-refractivity contribution in [2.45, 2.75) is 38.2 Å². The number of hydrogen-bond acceptors (Lipinski definition) is 7. The number of aryl methyl sites for hydroxylation is 1. The molecule has 6 rings (SSSR count). The van der Waals surface area contributed by atoms with Crippen molar-refractivity contribution in [3.63, 3.8) is 0 Å². The smallest absolute Gasteiger partial charge is 0.160 e. The molecule has 8 nitrogen and oxygen atoms in total. The molecule has 1 aliphatic heterocycles. The minimum absolute atomic E-state index is 0.509. The molecule has 0 bridgehead atoms. The number of nitrogens with one attached hydrogen (secondary N) is 1. The topological polar surface area (TPSA) is 91.5 Å². The predicted octanol–water partition coefficient (Wildman–Crippen LogP) is 3.18. The molecule has 2 aliphatic rings. The number of aliphatic hydroxyl groups is 1. The van der Waals surface area contributed by atoms with Gasteiger partial charge in [0.1, 0.15) is 23.0 Å². The Morgan fingerprint density at radius 2 is 1.77 bits per heavy atom. The maximum Gasteiger partial charge on any atom is 0.160 e. The fourth-order valence-corrected chi connectivity index (χ4v) is 4.22. The van der Waals surface area contributed by atoms with Crippen molar-refractivity contribution in [2.75, 3.05) is 29.9 Å². The lowest BCUT2D eigenvalue weighted by atomic mass is 10.2. The quantitative estimate of drug-likeness (QED) is 0.517. The number of anilines is 2. The molecule has 1 saturated carbocycles. The van der Waals surface area contributed by atoms with Crippen molar-refractivity contribution in [1.82, 2.24) is 24.6 Å². The average Bonchev–Trinajstić information content (AvgIpc) is 3.17. The first-order chi connectivity index (χ1) is 15.1. The molecule has 4 heterocycles. The zero-order valence-electron chi connectivity index (χ0n) is 17.5. The van der Waals surface area contributed by atoms with Gasteiger partial charge in [0.25, 0.3) is 0 Å². The molecule has 1 saturated heterocycles. The highest BCUT2D eigenvalue weighted by Crippen LogP contribution is 2.35. The maximum atomic E-state index is 10.3. The molecular weight excluding hydrogens is 390 g/mol. The van der Waals surface area contributed by atoms with Crippen LogP contribution in [0, 0.1) is 6.92 Å². The van der Waals surface area contributed by atoms with E-state index in [0.29, 0.717) is 6.54 Å². The summed E-state index contributed by atoms with van der Waals surface area (Å²) in [6.07, 6.45) is 4.05. The molecule has 4 aromatic rings. The van der Waals surface area contributed by atoms with Gasteiger partial charge in [0.15, 0.2) is 5.65 Å². The molecule has 2 fully saturated rings. The number of nitrogens with zero attached hydrogens (tertiary/aromatic N) is 6. The summed E-state index contributed by atoms with van der Waals surface area (Å²) in [6, 6.07) is 11.9. The van der Waals surface area contributed by atoms with E-state index in [2.05, 4.69) is 10.2 Å². The van der Waals surface area contributed by atoms with Crippen LogP contribution in [0.4, 0.5) is 11.6 Å². The molecule has 0 atom stereocenters. The van der Waals surface area contributed by atoms with Crippen LogP contribution < -0.4 is 10.2 Å². The lowest BCUT2D eigenvalue weighted by Crippen LogP contribution is -2.23. The van der Waals surface area contributed by atoms with Crippen LogP contribution in [0.3, 0.4) is 0 Å². The lowest BCUT2D eigenvalue weighted by molar-refractivity contribution is 0.164. The summed E-state index contributed by atoms with van der Waals surface area (Å²) >= 11 is 0.